The Bertz CT molecular complexity index is 278. The average Bonchev–Trinajstić information content (AvgIpc) is 2.32. The van der Waals surface area contributed by atoms with Gasteiger partial charge in [-0.25, -0.2) is 8.78 Å². The van der Waals surface area contributed by atoms with Crippen molar-refractivity contribution in [3.8, 4) is 0 Å². The van der Waals surface area contributed by atoms with Crippen molar-refractivity contribution in [2.75, 3.05) is 13.1 Å². The van der Waals surface area contributed by atoms with Crippen LogP contribution in [0.3, 0.4) is 0 Å². The van der Waals surface area contributed by atoms with Gasteiger partial charge in [0.1, 0.15) is 12.0 Å². The van der Waals surface area contributed by atoms with Gasteiger partial charge in [0, 0.05) is 0 Å². The average molecular weight is 227 g/mol. The van der Waals surface area contributed by atoms with Crippen molar-refractivity contribution in [3.63, 3.8) is 0 Å². The summed E-state index contributed by atoms with van der Waals surface area (Å²) in [6, 6.07) is 6.57. The Hall–Kier alpha value is -0.960. The van der Waals surface area contributed by atoms with Crippen molar-refractivity contribution >= 4 is 0 Å². The van der Waals surface area contributed by atoms with Gasteiger partial charge in [0.2, 0.25) is 0 Å². The first-order chi connectivity index (χ1) is 7.72. The molecule has 1 saturated heterocycles. The number of hydrogen-bond acceptors (Lipinski definition) is 1. The Labute approximate surface area is 95.9 Å². The first-order valence-electron chi connectivity index (χ1n) is 5.81. The van der Waals surface area contributed by atoms with Crippen molar-refractivity contribution in [1.29, 1.82) is 0 Å². The van der Waals surface area contributed by atoms with Crippen molar-refractivity contribution < 1.29 is 8.78 Å². The van der Waals surface area contributed by atoms with Crippen LogP contribution >= 0.6 is 0 Å². The zero-order chi connectivity index (χ0) is 11.8. The molecule has 1 aromatic carbocycles. The summed E-state index contributed by atoms with van der Waals surface area (Å²) >= 11 is 0. The minimum atomic E-state index is -0.527. The van der Waals surface area contributed by atoms with Gasteiger partial charge < -0.3 is 5.32 Å². The highest BCUT2D eigenvalue weighted by Crippen LogP contribution is 2.04. The van der Waals surface area contributed by atoms with Crippen molar-refractivity contribution in [1.82, 2.24) is 5.32 Å². The van der Waals surface area contributed by atoms with E-state index in [4.69, 9.17) is 0 Å². The molecule has 0 aliphatic carbocycles. The van der Waals surface area contributed by atoms with Gasteiger partial charge in [-0.15, -0.1) is 0 Å². The number of benzene rings is 1. The molecule has 1 heterocycles. The Morgan fingerprint density at radius 2 is 1.75 bits per heavy atom. The second-order valence-corrected chi connectivity index (χ2v) is 3.90. The van der Waals surface area contributed by atoms with Gasteiger partial charge in [0.25, 0.3) is 0 Å². The first-order valence-corrected chi connectivity index (χ1v) is 5.81. The molecule has 1 nitrogen and oxygen atoms in total. The summed E-state index contributed by atoms with van der Waals surface area (Å²) in [5, 5.41) is 3.08. The van der Waals surface area contributed by atoms with E-state index in [1.54, 1.807) is 12.1 Å². The smallest absolute Gasteiger partial charge is 0.123 e. The number of halogens is 2. The van der Waals surface area contributed by atoms with Gasteiger partial charge in [0.05, 0.1) is 0 Å². The minimum absolute atomic E-state index is 0.160. The van der Waals surface area contributed by atoms with Gasteiger partial charge in [-0.1, -0.05) is 19.1 Å². The zero-order valence-corrected chi connectivity index (χ0v) is 9.68. The van der Waals surface area contributed by atoms with E-state index in [2.05, 4.69) is 5.32 Å². The Balaban J connectivity index is 0.000000165. The van der Waals surface area contributed by atoms with Crippen LogP contribution in [-0.2, 0) is 6.42 Å². The third-order valence-electron chi connectivity index (χ3n) is 2.59. The fourth-order valence-corrected chi connectivity index (χ4v) is 1.51. The molecule has 0 amide bonds. The monoisotopic (exact) mass is 227 g/mol. The lowest BCUT2D eigenvalue weighted by molar-refractivity contribution is 0.262. The molecule has 2 rings (SSSR count). The van der Waals surface area contributed by atoms with Gasteiger partial charge in [0.15, 0.2) is 0 Å². The van der Waals surface area contributed by atoms with E-state index in [-0.39, 0.29) is 5.82 Å². The van der Waals surface area contributed by atoms with Crippen molar-refractivity contribution in [2.24, 2.45) is 0 Å². The van der Waals surface area contributed by atoms with Crippen LogP contribution in [0, 0.1) is 5.82 Å². The van der Waals surface area contributed by atoms with E-state index in [1.807, 2.05) is 6.92 Å². The molecule has 1 aliphatic heterocycles. The highest BCUT2D eigenvalue weighted by molar-refractivity contribution is 5.15. The standard InChI is InChI=1S/C8H9F.C5H10FN/c1-2-7-3-5-8(9)6-4-7;6-5-1-3-7-4-2-5/h3-6H,2H2,1H3;5,7H,1-4H2. The van der Waals surface area contributed by atoms with E-state index in [9.17, 15) is 8.78 Å². The molecule has 3 heteroatoms. The number of piperidine rings is 1. The second-order valence-electron chi connectivity index (χ2n) is 3.90. The molecular formula is C13H19F2N. The summed E-state index contributed by atoms with van der Waals surface area (Å²) in [7, 11) is 0. The number of aryl methyl sites for hydroxylation is 1. The Morgan fingerprint density at radius 1 is 1.19 bits per heavy atom. The molecule has 0 bridgehead atoms. The first kappa shape index (κ1) is 13.1. The highest BCUT2D eigenvalue weighted by Gasteiger charge is 2.09. The van der Waals surface area contributed by atoms with E-state index >= 15 is 0 Å². The summed E-state index contributed by atoms with van der Waals surface area (Å²) in [5.74, 6) is -0.160. The molecule has 1 aliphatic rings. The van der Waals surface area contributed by atoms with Gasteiger partial charge in [-0.3, -0.25) is 0 Å². The molecule has 90 valence electrons. The second kappa shape index (κ2) is 7.34. The van der Waals surface area contributed by atoms with Crippen LogP contribution in [0.15, 0.2) is 24.3 Å². The SMILES string of the molecule is CCc1ccc(F)cc1.FC1CCNCC1. The normalized spacial score (nSPS) is 16.4. The number of rotatable bonds is 1. The maximum absolute atomic E-state index is 12.2. The molecule has 0 radical (unpaired) electrons. The topological polar surface area (TPSA) is 12.0 Å². The van der Waals surface area contributed by atoms with Crippen LogP contribution in [0.2, 0.25) is 0 Å². The van der Waals surface area contributed by atoms with Crippen LogP contribution in [0.1, 0.15) is 25.3 Å². The summed E-state index contributed by atoms with van der Waals surface area (Å²) in [5.41, 5.74) is 1.18. The van der Waals surface area contributed by atoms with Crippen molar-refractivity contribution in [3.05, 3.63) is 35.6 Å². The lowest BCUT2D eigenvalue weighted by atomic mass is 10.1. The number of alkyl halides is 1. The molecule has 0 spiro atoms. The predicted molar refractivity (Wildman–Crippen MR) is 62.8 cm³/mol. The molecule has 1 aromatic rings. The van der Waals surface area contributed by atoms with Gasteiger partial charge in [-0.05, 0) is 50.0 Å². The molecule has 16 heavy (non-hydrogen) atoms. The fourth-order valence-electron chi connectivity index (χ4n) is 1.51. The molecule has 0 saturated carbocycles. The minimum Gasteiger partial charge on any atom is -0.317 e. The fraction of sp³-hybridized carbons (Fsp3) is 0.538. The van der Waals surface area contributed by atoms with Crippen molar-refractivity contribution in [2.45, 2.75) is 32.4 Å². The lowest BCUT2D eigenvalue weighted by Gasteiger charge is -2.14. The van der Waals surface area contributed by atoms with E-state index in [0.29, 0.717) is 12.8 Å². The molecule has 0 atom stereocenters. The van der Waals surface area contributed by atoms with Crippen LogP contribution in [0.4, 0.5) is 8.78 Å². The molecule has 1 N–H and O–H groups in total. The third-order valence-corrected chi connectivity index (χ3v) is 2.59. The molecule has 0 aromatic heterocycles. The van der Waals surface area contributed by atoms with Crippen LogP contribution in [0.5, 0.6) is 0 Å². The van der Waals surface area contributed by atoms with Crippen LogP contribution in [-0.4, -0.2) is 19.3 Å². The van der Waals surface area contributed by atoms with E-state index < -0.39 is 6.17 Å². The molecular weight excluding hydrogens is 208 g/mol. The number of hydrogen-bond donors (Lipinski definition) is 1. The van der Waals surface area contributed by atoms with Gasteiger partial charge in [-0.2, -0.15) is 0 Å². The summed E-state index contributed by atoms with van der Waals surface area (Å²) in [4.78, 5) is 0. The third kappa shape index (κ3) is 5.21. The lowest BCUT2D eigenvalue weighted by Crippen LogP contribution is -2.28. The Morgan fingerprint density at radius 3 is 2.12 bits per heavy atom. The summed E-state index contributed by atoms with van der Waals surface area (Å²) in [6.07, 6.45) is 1.86. The van der Waals surface area contributed by atoms with E-state index in [1.165, 1.54) is 17.7 Å². The maximum atomic E-state index is 12.2. The van der Waals surface area contributed by atoms with Crippen LogP contribution < -0.4 is 5.32 Å². The Kier molecular flexibility index (Phi) is 6.01. The summed E-state index contributed by atoms with van der Waals surface area (Å²) in [6.45, 7) is 3.77. The van der Waals surface area contributed by atoms with Gasteiger partial charge >= 0.3 is 0 Å². The zero-order valence-electron chi connectivity index (χ0n) is 9.68. The summed E-state index contributed by atoms with van der Waals surface area (Å²) < 4.78 is 24.4. The molecule has 1 fully saturated rings. The quantitative estimate of drug-likeness (QED) is 0.777. The van der Waals surface area contributed by atoms with Crippen LogP contribution in [0.25, 0.3) is 0 Å². The molecule has 0 unspecified atom stereocenters. The number of nitrogens with one attached hydrogen (secondary N) is 1. The largest absolute Gasteiger partial charge is 0.317 e. The predicted octanol–water partition coefficient (Wildman–Crippen LogP) is 3.10. The highest BCUT2D eigenvalue weighted by atomic mass is 19.1. The maximum Gasteiger partial charge on any atom is 0.123 e. The van der Waals surface area contributed by atoms with E-state index in [0.717, 1.165) is 19.5 Å².